The highest BCUT2D eigenvalue weighted by Gasteiger charge is 2.40. The molecule has 12 aromatic rings. The smallest absolute Gasteiger partial charge is 0.394 e. The molecular formula is C95H111F10N25O9S. The lowest BCUT2D eigenvalue weighted by Gasteiger charge is -2.33. The molecule has 0 spiro atoms. The molecule has 2 saturated heterocycles. The highest BCUT2D eigenvalue weighted by Crippen LogP contribution is 2.45. The fourth-order valence-electron chi connectivity index (χ4n) is 18.5. The van der Waals surface area contributed by atoms with Gasteiger partial charge in [-0.05, 0) is 111 Å². The third-order valence-electron chi connectivity index (χ3n) is 26.1. The van der Waals surface area contributed by atoms with Crippen molar-refractivity contribution in [2.24, 2.45) is 28.2 Å². The van der Waals surface area contributed by atoms with E-state index in [0.717, 1.165) is 68.4 Å². The quantitative estimate of drug-likeness (QED) is 0.0343. The van der Waals surface area contributed by atoms with E-state index in [1.807, 2.05) is 18.5 Å². The number of fused-ring (bicyclic) bond motifs is 4. The minimum Gasteiger partial charge on any atom is -0.394 e. The number of likely N-dealkylation sites (tertiary alicyclic amines) is 1. The number of hydrogen-bond acceptors (Lipinski definition) is 21. The number of rotatable bonds is 22. The zero-order chi connectivity index (χ0) is 100. The number of halogens is 10. The van der Waals surface area contributed by atoms with Crippen LogP contribution in [0.2, 0.25) is 0 Å². The molecule has 140 heavy (non-hydrogen) atoms. The van der Waals surface area contributed by atoms with Gasteiger partial charge in [0.1, 0.15) is 27.3 Å². The Bertz CT molecular complexity index is 6690. The summed E-state index contributed by atoms with van der Waals surface area (Å²) in [6.45, 7) is 16.6. The Labute approximate surface area is 800 Å². The zero-order valence-corrected chi connectivity index (χ0v) is 80.0. The number of amides is 5. The van der Waals surface area contributed by atoms with E-state index in [0.29, 0.717) is 185 Å². The molecule has 2 fully saturated rings. The number of aryl methyl sites for hydroxylation is 4. The second-order valence-corrected chi connectivity index (χ2v) is 38.1. The highest BCUT2D eigenvalue weighted by molar-refractivity contribution is 7.91. The first kappa shape index (κ1) is 101. The third-order valence-corrected chi connectivity index (χ3v) is 27.8. The van der Waals surface area contributed by atoms with Gasteiger partial charge >= 0.3 is 6.18 Å². The lowest BCUT2D eigenvalue weighted by molar-refractivity contribution is -0.141. The molecule has 6 aliphatic rings. The van der Waals surface area contributed by atoms with Gasteiger partial charge in [-0.1, -0.05) is 26.0 Å². The first-order valence-corrected chi connectivity index (χ1v) is 47.9. The van der Waals surface area contributed by atoms with Crippen molar-refractivity contribution in [3.8, 4) is 44.5 Å². The van der Waals surface area contributed by atoms with Gasteiger partial charge in [0, 0.05) is 247 Å². The van der Waals surface area contributed by atoms with Crippen LogP contribution in [0.25, 0.3) is 44.5 Å². The summed E-state index contributed by atoms with van der Waals surface area (Å²) >= 11 is 0. The van der Waals surface area contributed by atoms with Gasteiger partial charge in [0.2, 0.25) is 29.5 Å². The molecule has 45 heteroatoms. The molecule has 0 aliphatic carbocycles. The lowest BCUT2D eigenvalue weighted by Crippen LogP contribution is -2.39. The summed E-state index contributed by atoms with van der Waals surface area (Å²) in [5.74, 6) is 0.0227. The molecule has 746 valence electrons. The molecule has 14 heterocycles. The molecule has 2 unspecified atom stereocenters. The number of piperidine rings is 1. The standard InChI is InChI=1S/C27H32F3N7O2.C25H29F3N6O3S.C22H25F3N6O2.C21H25FN6O2/c1-4-25(39)36-10-7-24-21(15-36)27(33-37(24)18-5-8-35(9-6-18)16(2)38)32-23-12-20(26(29)30)19(11-22(23)28)17-13-31-34(3)14-17;1-3-23(35)33-7-4-22-19(14-33)25(31-34(22)16-5-8-38(36,37)9-6-16)30-21-11-18(24(27)28)17(10-20(21)26)15-12-29-32(2)13-15;1-13(12-32)31-19-8-9-30(14(2)33)11-18(19)21(28-31)26-16-6-4-15(5-7-16)17-10-29(3)27-20(17)22(23,24)25;1-13(12-29)28-20-6-7-27(14(2)30)11-18(20)21(25-28)24-16-4-5-17(19(22)8-16)15-9-23-26(3)10-15/h11-14,18,26H,4-10,15H2,1-3H3,(H,32,33);10-13,16,24H,3-9,14H2,1-2H3,(H,30,31);4-7,10,13,32H,8-9,11-12H2,1-3H3,(H,26,28);4-5,8-10,13,29H,6-7,11-12H2,1-3H3,(H,24,25). The normalized spacial score (nSPS) is 15.8. The van der Waals surface area contributed by atoms with Crippen LogP contribution < -0.4 is 21.3 Å². The number of carbonyl (C=O) groups is 5. The Hall–Kier alpha value is -13.7. The largest absolute Gasteiger partial charge is 0.435 e. The van der Waals surface area contributed by atoms with Gasteiger partial charge in [0.05, 0.1) is 105 Å². The van der Waals surface area contributed by atoms with Crippen molar-refractivity contribution in [2.45, 2.75) is 182 Å². The summed E-state index contributed by atoms with van der Waals surface area (Å²) in [4.78, 5) is 69.2. The van der Waals surface area contributed by atoms with Gasteiger partial charge in [-0.15, -0.1) is 0 Å². The second kappa shape index (κ2) is 42.1. The van der Waals surface area contributed by atoms with Crippen LogP contribution in [-0.2, 0) is 120 Å². The van der Waals surface area contributed by atoms with Gasteiger partial charge in [-0.3, -0.25) is 61.4 Å². The fraction of sp³-hybridized carbons (Fsp3) is 0.442. The molecule has 6 N–H and O–H groups in total. The number of hydrogen-bond donors (Lipinski definition) is 6. The van der Waals surface area contributed by atoms with Crippen LogP contribution in [0.15, 0.2) is 110 Å². The first-order valence-electron chi connectivity index (χ1n) is 46.1. The summed E-state index contributed by atoms with van der Waals surface area (Å²) < 4.78 is 179. The average Bonchev–Trinajstić information content (AvgIpc) is 1.83. The van der Waals surface area contributed by atoms with Crippen molar-refractivity contribution in [2.75, 3.05) is 85.3 Å². The van der Waals surface area contributed by atoms with E-state index < -0.39 is 46.2 Å². The molecule has 34 nitrogen and oxygen atoms in total. The molecule has 2 atom stereocenters. The summed E-state index contributed by atoms with van der Waals surface area (Å²) in [6.07, 6.45) is 5.66. The molecule has 0 bridgehead atoms. The van der Waals surface area contributed by atoms with E-state index in [1.165, 1.54) is 54.2 Å². The molecule has 5 amide bonds. The zero-order valence-electron chi connectivity index (χ0n) is 79.2. The predicted octanol–water partition coefficient (Wildman–Crippen LogP) is 14.9. The molecule has 8 aromatic heterocycles. The number of nitrogens with zero attached hydrogens (tertiary/aromatic N) is 21. The molecular weight excluding hydrogens is 1860 g/mol. The number of anilines is 8. The van der Waals surface area contributed by atoms with Crippen molar-refractivity contribution >= 4 is 85.4 Å². The maximum absolute atomic E-state index is 15.4. The molecule has 0 saturated carbocycles. The minimum atomic E-state index is -4.55. The number of benzene rings is 4. The Balaban J connectivity index is 0.000000142. The van der Waals surface area contributed by atoms with Crippen molar-refractivity contribution in [1.29, 1.82) is 0 Å². The minimum absolute atomic E-state index is 0.00103. The first-order chi connectivity index (χ1) is 66.7. The van der Waals surface area contributed by atoms with Crippen LogP contribution in [0.4, 0.5) is 89.9 Å². The number of sulfone groups is 1. The van der Waals surface area contributed by atoms with Gasteiger partial charge in [-0.2, -0.15) is 54.0 Å². The molecule has 18 rings (SSSR count). The van der Waals surface area contributed by atoms with Gasteiger partial charge < -0.3 is 56.0 Å². The Morgan fingerprint density at radius 2 is 0.821 bits per heavy atom. The van der Waals surface area contributed by atoms with E-state index in [9.17, 15) is 77.7 Å². The van der Waals surface area contributed by atoms with Gasteiger partial charge in [-0.25, -0.2) is 39.2 Å². The van der Waals surface area contributed by atoms with E-state index in [-0.39, 0.29) is 136 Å². The third kappa shape index (κ3) is 22.1. The molecule has 4 aromatic carbocycles. The van der Waals surface area contributed by atoms with Crippen molar-refractivity contribution in [1.82, 2.24) is 103 Å². The van der Waals surface area contributed by atoms with E-state index in [1.54, 1.807) is 147 Å². The summed E-state index contributed by atoms with van der Waals surface area (Å²) in [5, 5.41) is 65.9. The second-order valence-electron chi connectivity index (χ2n) is 35.8. The topological polar surface area (TPSA) is 367 Å². The summed E-state index contributed by atoms with van der Waals surface area (Å²) in [7, 11) is 3.45. The number of nitrogens with one attached hydrogen (secondary N) is 4. The number of alkyl halides is 7. The van der Waals surface area contributed by atoms with Crippen molar-refractivity contribution in [3.63, 3.8) is 0 Å². The lowest BCUT2D eigenvalue weighted by atomic mass is 10.0. The Morgan fingerprint density at radius 1 is 0.436 bits per heavy atom. The van der Waals surface area contributed by atoms with Crippen molar-refractivity contribution < 1.29 is 86.5 Å². The van der Waals surface area contributed by atoms with Gasteiger partial charge in [0.15, 0.2) is 29.0 Å². The Kier molecular flexibility index (Phi) is 30.3. The summed E-state index contributed by atoms with van der Waals surface area (Å²) in [6, 6.07) is 15.3. The number of aliphatic hydroxyl groups is 2. The SMILES string of the molecule is CC(=O)N1CCc2c(c(Nc3ccc(-c4cn(C)nc4C(F)(F)F)cc3)nn2C(C)CO)C1.CC(=O)N1CCc2c(c(Nc3ccc(-c4cnn(C)c4)c(F)c3)nn2C(C)CO)C1.CCC(=O)N1CCc2c(c(Nc3cc(C(F)F)c(-c4cnn(C)c4)cc3F)nn2C2CCN(C(C)=O)CC2)C1.CCC(=O)N1CCc2c(c(Nc3cc(C(F)F)c(-c4cnn(C)c4)cc3F)nn2C2CCS(=O)(=O)CC2)C1. The van der Waals surface area contributed by atoms with Crippen LogP contribution >= 0.6 is 0 Å². The molecule has 0 radical (unpaired) electrons. The van der Waals surface area contributed by atoms with Crippen LogP contribution in [0, 0.1) is 17.5 Å². The Morgan fingerprint density at radius 3 is 1.21 bits per heavy atom. The number of aliphatic hydroxyl groups excluding tert-OH is 2. The summed E-state index contributed by atoms with van der Waals surface area (Å²) in [5.41, 5.74) is 8.72. The average molecular weight is 1970 g/mol. The maximum Gasteiger partial charge on any atom is 0.435 e. The number of carbonyl (C=O) groups excluding carboxylic acids is 5. The van der Waals surface area contributed by atoms with E-state index >= 15 is 8.78 Å². The predicted molar refractivity (Wildman–Crippen MR) is 501 cm³/mol. The monoisotopic (exact) mass is 1970 g/mol. The highest BCUT2D eigenvalue weighted by atomic mass is 32.2. The fourth-order valence-corrected chi connectivity index (χ4v) is 20.0. The maximum atomic E-state index is 15.4. The van der Waals surface area contributed by atoms with E-state index in [2.05, 4.69) is 57.0 Å². The number of aromatic nitrogens is 16. The van der Waals surface area contributed by atoms with E-state index in [4.69, 9.17) is 5.10 Å². The van der Waals surface area contributed by atoms with Crippen LogP contribution in [0.5, 0.6) is 0 Å². The van der Waals surface area contributed by atoms with Crippen LogP contribution in [0.3, 0.4) is 0 Å². The van der Waals surface area contributed by atoms with Crippen molar-refractivity contribution in [3.05, 3.63) is 189 Å². The van der Waals surface area contributed by atoms with Crippen LogP contribution in [0.1, 0.15) is 186 Å². The van der Waals surface area contributed by atoms with Gasteiger partial charge in [0.25, 0.3) is 12.9 Å². The van der Waals surface area contributed by atoms with Crippen LogP contribution in [-0.4, -0.2) is 215 Å². The molecule has 6 aliphatic heterocycles.